The van der Waals surface area contributed by atoms with Gasteiger partial charge < -0.3 is 23.7 Å². The predicted molar refractivity (Wildman–Crippen MR) is 213 cm³/mol. The Kier molecular flexibility index (Phi) is 18.2. The molecule has 3 aromatic carbocycles. The van der Waals surface area contributed by atoms with E-state index in [-0.39, 0.29) is 10.6 Å². The van der Waals surface area contributed by atoms with Gasteiger partial charge in [0.25, 0.3) is 0 Å². The average molecular weight is 713 g/mol. The molecule has 2 aromatic heterocycles. The van der Waals surface area contributed by atoms with Gasteiger partial charge in [0.15, 0.2) is 5.82 Å². The van der Waals surface area contributed by atoms with Crippen LogP contribution >= 0.6 is 0 Å². The van der Waals surface area contributed by atoms with Gasteiger partial charge in [0, 0.05) is 17.4 Å². The lowest BCUT2D eigenvalue weighted by Gasteiger charge is -2.39. The molecule has 0 atom stereocenters. The van der Waals surface area contributed by atoms with Crippen LogP contribution < -0.4 is 14.8 Å². The number of benzene rings is 3. The van der Waals surface area contributed by atoms with E-state index in [2.05, 4.69) is 49.3 Å². The Bertz CT molecular complexity index is 1660. The third-order valence-corrected chi connectivity index (χ3v) is 9.63. The molecule has 0 aliphatic heterocycles. The minimum atomic E-state index is -0.0454. The summed E-state index contributed by atoms with van der Waals surface area (Å²) < 4.78 is 12.7. The fourth-order valence-electron chi connectivity index (χ4n) is 6.59. The molecule has 0 saturated heterocycles. The van der Waals surface area contributed by atoms with Gasteiger partial charge >= 0.3 is 0 Å². The van der Waals surface area contributed by atoms with Crippen molar-refractivity contribution in [3.05, 3.63) is 90.9 Å². The number of halogens is 1. The largest absolute Gasteiger partial charge is 1.00 e. The van der Waals surface area contributed by atoms with Gasteiger partial charge in [-0.2, -0.15) is 5.10 Å². The smallest absolute Gasteiger partial charge is 0.225 e. The summed E-state index contributed by atoms with van der Waals surface area (Å²) in [4.78, 5) is 12.1. The molecule has 0 fully saturated rings. The molecule has 0 saturated carbocycles. The highest BCUT2D eigenvalue weighted by Gasteiger charge is 2.24. The minimum absolute atomic E-state index is 0. The highest BCUT2D eigenvalue weighted by Crippen LogP contribution is 2.38. The van der Waals surface area contributed by atoms with Crippen molar-refractivity contribution in [3.8, 4) is 28.0 Å². The summed E-state index contributed by atoms with van der Waals surface area (Å²) >= 11 is 0. The van der Waals surface area contributed by atoms with E-state index >= 15 is 0 Å². The number of nitrogens with zero attached hydrogens (tertiary/aromatic N) is 2. The number of anilines is 1. The number of unbranched alkanes of at least 4 members (excludes halogenated alkanes) is 4. The van der Waals surface area contributed by atoms with Crippen LogP contribution in [-0.4, -0.2) is 46.8 Å². The number of carbonyl (C=O) groups excluding carboxylic acids is 1. The first kappa shape index (κ1) is 42.0. The third kappa shape index (κ3) is 12.4. The zero-order valence-electron chi connectivity index (χ0n) is 32.2. The molecule has 0 bridgehead atoms. The number of quaternary nitrogens is 1. The van der Waals surface area contributed by atoms with Gasteiger partial charge in [-0.15, -0.1) is 0 Å². The summed E-state index contributed by atoms with van der Waals surface area (Å²) in [6.45, 7) is 17.5. The van der Waals surface area contributed by atoms with Crippen LogP contribution in [-0.2, 0) is 11.4 Å². The second kappa shape index (κ2) is 22.5. The number of aromatic nitrogens is 2. The van der Waals surface area contributed by atoms with Gasteiger partial charge in [-0.05, 0) is 84.7 Å². The van der Waals surface area contributed by atoms with Crippen molar-refractivity contribution in [2.75, 3.05) is 31.5 Å². The maximum absolute atomic E-state index is 12.1. The summed E-state index contributed by atoms with van der Waals surface area (Å²) in [6.07, 6.45) is 15.7. The van der Waals surface area contributed by atoms with Crippen molar-refractivity contribution in [3.63, 3.8) is 0 Å². The van der Waals surface area contributed by atoms with Crippen molar-refractivity contribution in [2.45, 2.75) is 105 Å². The number of hydrogen-bond donors (Lipinski definition) is 2. The molecular formula is C44H61FN4O3. The van der Waals surface area contributed by atoms with Crippen LogP contribution in [0.5, 0.6) is 5.75 Å². The van der Waals surface area contributed by atoms with E-state index in [1.165, 1.54) is 82.0 Å². The van der Waals surface area contributed by atoms with Gasteiger partial charge in [-0.25, -0.2) is 0 Å². The molecule has 5 rings (SSSR count). The number of H-pyrrole nitrogens is 1. The fourth-order valence-corrected chi connectivity index (χ4v) is 6.59. The number of carbonyl (C=O) groups is 1. The summed E-state index contributed by atoms with van der Waals surface area (Å²) in [5.41, 5.74) is 5.98. The van der Waals surface area contributed by atoms with Gasteiger partial charge in [-0.3, -0.25) is 9.89 Å². The second-order valence-electron chi connectivity index (χ2n) is 13.8. The highest BCUT2D eigenvalue weighted by molar-refractivity contribution is 6.03. The maximum Gasteiger partial charge on any atom is 0.225 e. The van der Waals surface area contributed by atoms with Crippen molar-refractivity contribution in [2.24, 2.45) is 0 Å². The SMILES string of the molecule is CCCC(=O)Nc1n[nH]c2cc(-c3ccc(OCc4ccccc4)cc3)c(-c3ccoc3)cc12.CCCC[N+](CCCC)(CCCC)CCCC.[F-]. The Morgan fingerprint density at radius 3 is 1.88 bits per heavy atom. The van der Waals surface area contributed by atoms with E-state index < -0.39 is 0 Å². The molecule has 282 valence electrons. The lowest BCUT2D eigenvalue weighted by atomic mass is 9.94. The standard InChI is InChI=1S/C28H25N3O3.C16H36N.FH/c1-2-6-27(32)29-28-25-15-23(21-13-14-33-18-21)24(16-26(25)30-31-28)20-9-11-22(12-10-20)34-17-19-7-4-3-5-8-19;1-5-9-13-17(14-10-6-2,15-11-7-3)16-12-8-4;/h3-5,7-16,18H,2,6,17H2,1H3,(H2,29,30,31,32);5-16H2,1-4H3;1H/q;+1;/p-1. The van der Waals surface area contributed by atoms with E-state index in [9.17, 15) is 4.79 Å². The second-order valence-corrected chi connectivity index (χ2v) is 13.8. The first-order valence-electron chi connectivity index (χ1n) is 19.4. The molecule has 52 heavy (non-hydrogen) atoms. The summed E-state index contributed by atoms with van der Waals surface area (Å²) in [7, 11) is 0. The van der Waals surface area contributed by atoms with E-state index in [0.29, 0.717) is 18.8 Å². The first-order chi connectivity index (χ1) is 25.0. The normalized spacial score (nSPS) is 11.1. The molecule has 0 unspecified atom stereocenters. The van der Waals surface area contributed by atoms with Gasteiger partial charge in [-0.1, -0.05) is 103 Å². The molecule has 0 aliphatic rings. The van der Waals surface area contributed by atoms with Crippen molar-refractivity contribution in [1.82, 2.24) is 10.2 Å². The predicted octanol–water partition coefficient (Wildman–Crippen LogP) is 8.82. The molecular weight excluding hydrogens is 652 g/mol. The van der Waals surface area contributed by atoms with Crippen LogP contribution in [0.3, 0.4) is 0 Å². The summed E-state index contributed by atoms with van der Waals surface area (Å²) in [6, 6.07) is 24.2. The Morgan fingerprint density at radius 1 is 0.750 bits per heavy atom. The van der Waals surface area contributed by atoms with Crippen LogP contribution in [0.2, 0.25) is 0 Å². The quantitative estimate of drug-likeness (QED) is 0.0791. The van der Waals surface area contributed by atoms with E-state index in [1.54, 1.807) is 12.5 Å². The summed E-state index contributed by atoms with van der Waals surface area (Å²) in [5, 5.41) is 11.2. The van der Waals surface area contributed by atoms with Gasteiger partial charge in [0.1, 0.15) is 12.4 Å². The fraction of sp³-hybridized carbons (Fsp3) is 0.455. The van der Waals surface area contributed by atoms with Crippen LogP contribution in [0.1, 0.15) is 104 Å². The molecule has 5 aromatic rings. The van der Waals surface area contributed by atoms with E-state index in [4.69, 9.17) is 9.15 Å². The number of furan rings is 1. The van der Waals surface area contributed by atoms with E-state index in [0.717, 1.165) is 50.9 Å². The number of amides is 1. The van der Waals surface area contributed by atoms with Crippen molar-refractivity contribution in [1.29, 1.82) is 0 Å². The van der Waals surface area contributed by atoms with Crippen LogP contribution in [0.25, 0.3) is 33.2 Å². The lowest BCUT2D eigenvalue weighted by Crippen LogP contribution is -3.00. The molecule has 2 N–H and O–H groups in total. The molecule has 0 spiro atoms. The first-order valence-corrected chi connectivity index (χ1v) is 19.4. The summed E-state index contributed by atoms with van der Waals surface area (Å²) in [5.74, 6) is 1.30. The molecule has 8 heteroatoms. The molecule has 7 nitrogen and oxygen atoms in total. The number of fused-ring (bicyclic) bond motifs is 1. The molecule has 1 amide bonds. The molecule has 2 heterocycles. The highest BCUT2D eigenvalue weighted by atomic mass is 19.0. The zero-order chi connectivity index (χ0) is 36.3. The lowest BCUT2D eigenvalue weighted by molar-refractivity contribution is -0.929. The Labute approximate surface area is 311 Å². The number of rotatable bonds is 20. The zero-order valence-corrected chi connectivity index (χ0v) is 32.2. The maximum atomic E-state index is 12.1. The van der Waals surface area contributed by atoms with Gasteiger partial charge in [0.05, 0.1) is 44.2 Å². The number of ether oxygens (including phenoxy) is 1. The molecule has 0 radical (unpaired) electrons. The van der Waals surface area contributed by atoms with Crippen LogP contribution in [0, 0.1) is 0 Å². The Morgan fingerprint density at radius 2 is 1.35 bits per heavy atom. The third-order valence-electron chi connectivity index (χ3n) is 9.63. The number of nitrogens with one attached hydrogen (secondary N) is 2. The monoisotopic (exact) mass is 712 g/mol. The average Bonchev–Trinajstić information content (AvgIpc) is 3.84. The Hall–Kier alpha value is -4.43. The van der Waals surface area contributed by atoms with Crippen LogP contribution in [0.4, 0.5) is 5.82 Å². The Balaban J connectivity index is 0.000000347. The molecule has 0 aliphatic carbocycles. The van der Waals surface area contributed by atoms with Crippen molar-refractivity contribution >= 4 is 22.6 Å². The topological polar surface area (TPSA) is 80.2 Å². The van der Waals surface area contributed by atoms with Crippen molar-refractivity contribution < 1.29 is 23.1 Å². The van der Waals surface area contributed by atoms with E-state index in [1.807, 2.05) is 73.7 Å². The minimum Gasteiger partial charge on any atom is -1.00 e. The number of aromatic amines is 1. The van der Waals surface area contributed by atoms with Gasteiger partial charge in [0.2, 0.25) is 5.91 Å². The van der Waals surface area contributed by atoms with Crippen LogP contribution in [0.15, 0.2) is 89.7 Å². The number of hydrogen-bond acceptors (Lipinski definition) is 4.